The molecule has 0 aliphatic carbocycles. The third kappa shape index (κ3) is 3.11. The lowest BCUT2D eigenvalue weighted by atomic mass is 10.1. The fourth-order valence-electron chi connectivity index (χ4n) is 1.57. The van der Waals surface area contributed by atoms with E-state index in [4.69, 9.17) is 17.3 Å². The molecule has 2 aromatic carbocycles. The van der Waals surface area contributed by atoms with Gasteiger partial charge in [-0.2, -0.15) is 0 Å². The van der Waals surface area contributed by atoms with Crippen LogP contribution in [0.4, 0.5) is 11.4 Å². The Labute approximate surface area is 132 Å². The summed E-state index contributed by atoms with van der Waals surface area (Å²) in [5.74, 6) is -0.351. The number of benzene rings is 2. The van der Waals surface area contributed by atoms with Crippen LogP contribution < -0.4 is 11.1 Å². The highest BCUT2D eigenvalue weighted by molar-refractivity contribution is 9.11. The number of nitrogen functional groups attached to an aromatic ring is 1. The number of para-hydroxylation sites is 1. The number of carbonyl (C=O) groups excluding carboxylic acids is 1. The lowest BCUT2D eigenvalue weighted by molar-refractivity contribution is 0.102. The molecule has 98 valence electrons. The molecule has 0 aliphatic rings. The SMILES string of the molecule is Nc1cccc(Cl)c1C(=O)Nc1c(Br)cccc1Br. The van der Waals surface area contributed by atoms with Crippen LogP contribution >= 0.6 is 43.5 Å². The standard InChI is InChI=1S/C13H9Br2ClN2O/c14-7-3-1-4-8(15)12(7)18-13(19)11-9(16)5-2-6-10(11)17/h1-6H,17H2,(H,18,19). The monoisotopic (exact) mass is 402 g/mol. The predicted molar refractivity (Wildman–Crippen MR) is 85.7 cm³/mol. The van der Waals surface area contributed by atoms with E-state index in [1.807, 2.05) is 18.2 Å². The van der Waals surface area contributed by atoms with Crippen LogP contribution in [0, 0.1) is 0 Å². The van der Waals surface area contributed by atoms with Gasteiger partial charge in [-0.25, -0.2) is 0 Å². The number of carbonyl (C=O) groups is 1. The van der Waals surface area contributed by atoms with E-state index in [-0.39, 0.29) is 11.5 Å². The molecule has 0 saturated carbocycles. The highest BCUT2D eigenvalue weighted by Gasteiger charge is 2.16. The van der Waals surface area contributed by atoms with Gasteiger partial charge in [0.05, 0.1) is 16.3 Å². The van der Waals surface area contributed by atoms with E-state index in [1.165, 1.54) is 0 Å². The summed E-state index contributed by atoms with van der Waals surface area (Å²) in [4.78, 5) is 12.2. The quantitative estimate of drug-likeness (QED) is 0.713. The average Bonchev–Trinajstić information content (AvgIpc) is 2.34. The molecule has 3 nitrogen and oxygen atoms in total. The number of anilines is 2. The lowest BCUT2D eigenvalue weighted by Gasteiger charge is -2.11. The van der Waals surface area contributed by atoms with Gasteiger partial charge in [-0.05, 0) is 56.1 Å². The van der Waals surface area contributed by atoms with Gasteiger partial charge in [0.2, 0.25) is 0 Å². The van der Waals surface area contributed by atoms with E-state index in [2.05, 4.69) is 37.2 Å². The second-order valence-electron chi connectivity index (χ2n) is 3.75. The summed E-state index contributed by atoms with van der Waals surface area (Å²) >= 11 is 12.8. The number of hydrogen-bond donors (Lipinski definition) is 2. The van der Waals surface area contributed by atoms with E-state index in [9.17, 15) is 4.79 Å². The van der Waals surface area contributed by atoms with Crippen molar-refractivity contribution in [3.8, 4) is 0 Å². The minimum Gasteiger partial charge on any atom is -0.398 e. The Morgan fingerprint density at radius 2 is 1.68 bits per heavy atom. The van der Waals surface area contributed by atoms with Crippen molar-refractivity contribution in [3.63, 3.8) is 0 Å². The Morgan fingerprint density at radius 1 is 1.11 bits per heavy atom. The van der Waals surface area contributed by atoms with Crippen LogP contribution in [0.2, 0.25) is 5.02 Å². The average molecular weight is 404 g/mol. The molecule has 6 heteroatoms. The zero-order chi connectivity index (χ0) is 14.0. The molecule has 0 bridgehead atoms. The Bertz CT molecular complexity index is 606. The van der Waals surface area contributed by atoms with Crippen LogP contribution in [0.3, 0.4) is 0 Å². The third-order valence-electron chi connectivity index (χ3n) is 2.47. The number of hydrogen-bond acceptors (Lipinski definition) is 2. The number of amides is 1. The van der Waals surface area contributed by atoms with Crippen molar-refractivity contribution in [1.29, 1.82) is 0 Å². The van der Waals surface area contributed by atoms with E-state index in [0.29, 0.717) is 16.4 Å². The zero-order valence-corrected chi connectivity index (χ0v) is 13.5. The Morgan fingerprint density at radius 3 is 2.26 bits per heavy atom. The van der Waals surface area contributed by atoms with Crippen molar-refractivity contribution < 1.29 is 4.79 Å². The fraction of sp³-hybridized carbons (Fsp3) is 0. The molecular weight excluding hydrogens is 395 g/mol. The molecular formula is C13H9Br2ClN2O. The molecule has 0 unspecified atom stereocenters. The number of halogens is 3. The van der Waals surface area contributed by atoms with E-state index >= 15 is 0 Å². The van der Waals surface area contributed by atoms with Crippen molar-refractivity contribution in [2.24, 2.45) is 0 Å². The number of nitrogens with one attached hydrogen (secondary N) is 1. The lowest BCUT2D eigenvalue weighted by Crippen LogP contribution is -2.15. The fourth-order valence-corrected chi connectivity index (χ4v) is 3.04. The predicted octanol–water partition coefficient (Wildman–Crippen LogP) is 4.70. The van der Waals surface area contributed by atoms with Gasteiger partial charge in [0, 0.05) is 14.6 Å². The summed E-state index contributed by atoms with van der Waals surface area (Å²) in [6, 6.07) is 10.5. The molecule has 2 rings (SSSR count). The molecule has 0 fully saturated rings. The van der Waals surface area contributed by atoms with Gasteiger partial charge >= 0.3 is 0 Å². The first-order chi connectivity index (χ1) is 9.00. The van der Waals surface area contributed by atoms with Gasteiger partial charge < -0.3 is 11.1 Å². The van der Waals surface area contributed by atoms with Gasteiger partial charge in [-0.1, -0.05) is 23.7 Å². The maximum Gasteiger partial charge on any atom is 0.259 e. The summed E-state index contributed by atoms with van der Waals surface area (Å²) < 4.78 is 1.53. The van der Waals surface area contributed by atoms with E-state index < -0.39 is 0 Å². The molecule has 0 heterocycles. The summed E-state index contributed by atoms with van der Waals surface area (Å²) in [7, 11) is 0. The van der Waals surface area contributed by atoms with Gasteiger partial charge in [-0.3, -0.25) is 4.79 Å². The molecule has 1 amide bonds. The maximum atomic E-state index is 12.2. The summed E-state index contributed by atoms with van der Waals surface area (Å²) in [5.41, 5.74) is 7.03. The van der Waals surface area contributed by atoms with Crippen LogP contribution in [-0.4, -0.2) is 5.91 Å². The molecule has 19 heavy (non-hydrogen) atoms. The minimum absolute atomic E-state index is 0.270. The Hall–Kier alpha value is -1.04. The minimum atomic E-state index is -0.351. The largest absolute Gasteiger partial charge is 0.398 e. The third-order valence-corrected chi connectivity index (χ3v) is 4.11. The molecule has 0 spiro atoms. The van der Waals surface area contributed by atoms with Gasteiger partial charge in [0.15, 0.2) is 0 Å². The van der Waals surface area contributed by atoms with Crippen LogP contribution in [0.15, 0.2) is 45.3 Å². The van der Waals surface area contributed by atoms with Gasteiger partial charge in [0.1, 0.15) is 0 Å². The first-order valence-electron chi connectivity index (χ1n) is 5.30. The Balaban J connectivity index is 2.37. The molecule has 0 atom stereocenters. The highest BCUT2D eigenvalue weighted by atomic mass is 79.9. The van der Waals surface area contributed by atoms with Crippen LogP contribution in [0.25, 0.3) is 0 Å². The highest BCUT2D eigenvalue weighted by Crippen LogP contribution is 2.32. The van der Waals surface area contributed by atoms with Gasteiger partial charge in [-0.15, -0.1) is 0 Å². The number of rotatable bonds is 2. The van der Waals surface area contributed by atoms with Crippen molar-refractivity contribution in [1.82, 2.24) is 0 Å². The summed E-state index contributed by atoms with van der Waals surface area (Å²) in [6.45, 7) is 0. The Kier molecular flexibility index (Phi) is 4.50. The van der Waals surface area contributed by atoms with Crippen LogP contribution in [0.5, 0.6) is 0 Å². The second-order valence-corrected chi connectivity index (χ2v) is 5.87. The zero-order valence-electron chi connectivity index (χ0n) is 9.58. The van der Waals surface area contributed by atoms with Crippen LogP contribution in [0.1, 0.15) is 10.4 Å². The van der Waals surface area contributed by atoms with E-state index in [1.54, 1.807) is 18.2 Å². The van der Waals surface area contributed by atoms with Crippen molar-refractivity contribution in [2.75, 3.05) is 11.1 Å². The van der Waals surface area contributed by atoms with Crippen molar-refractivity contribution >= 4 is 60.7 Å². The maximum absolute atomic E-state index is 12.2. The number of nitrogens with two attached hydrogens (primary N) is 1. The molecule has 2 aromatic rings. The van der Waals surface area contributed by atoms with Gasteiger partial charge in [0.25, 0.3) is 5.91 Å². The van der Waals surface area contributed by atoms with Crippen molar-refractivity contribution in [3.05, 3.63) is 55.9 Å². The first kappa shape index (κ1) is 14.4. The second kappa shape index (κ2) is 5.94. The van der Waals surface area contributed by atoms with Crippen LogP contribution in [-0.2, 0) is 0 Å². The molecule has 0 aliphatic heterocycles. The molecule has 0 aromatic heterocycles. The first-order valence-corrected chi connectivity index (χ1v) is 7.26. The molecule has 3 N–H and O–H groups in total. The molecule has 0 radical (unpaired) electrons. The summed E-state index contributed by atoms with van der Waals surface area (Å²) in [5, 5.41) is 3.10. The smallest absolute Gasteiger partial charge is 0.259 e. The molecule has 0 saturated heterocycles. The van der Waals surface area contributed by atoms with Crippen molar-refractivity contribution in [2.45, 2.75) is 0 Å². The summed E-state index contributed by atoms with van der Waals surface area (Å²) in [6.07, 6.45) is 0. The topological polar surface area (TPSA) is 55.1 Å². The van der Waals surface area contributed by atoms with E-state index in [0.717, 1.165) is 8.95 Å². The normalized spacial score (nSPS) is 10.3.